The monoisotopic (exact) mass is 325 g/mol. The quantitative estimate of drug-likeness (QED) is 0.755. The smallest absolute Gasteiger partial charge is 0.254 e. The van der Waals surface area contributed by atoms with Crippen molar-refractivity contribution in [3.63, 3.8) is 0 Å². The summed E-state index contributed by atoms with van der Waals surface area (Å²) in [7, 11) is 1.62. The van der Waals surface area contributed by atoms with Gasteiger partial charge in [-0.15, -0.1) is 0 Å². The molecular formula is C19H18FN2O2. The van der Waals surface area contributed by atoms with Gasteiger partial charge >= 0.3 is 0 Å². The highest BCUT2D eigenvalue weighted by atomic mass is 19.1. The van der Waals surface area contributed by atoms with E-state index in [2.05, 4.69) is 17.2 Å². The van der Waals surface area contributed by atoms with Crippen molar-refractivity contribution in [2.75, 3.05) is 13.7 Å². The highest BCUT2D eigenvalue weighted by molar-refractivity contribution is 5.96. The molecule has 0 saturated carbocycles. The molecule has 1 heterocycles. The molecule has 2 N–H and O–H groups in total. The minimum Gasteiger partial charge on any atom is -0.497 e. The molecule has 0 fully saturated rings. The lowest BCUT2D eigenvalue weighted by Crippen LogP contribution is -2.27. The summed E-state index contributed by atoms with van der Waals surface area (Å²) in [4.78, 5) is 15.3. The van der Waals surface area contributed by atoms with Crippen molar-refractivity contribution in [2.24, 2.45) is 0 Å². The molecule has 2 aromatic carbocycles. The van der Waals surface area contributed by atoms with Gasteiger partial charge in [0, 0.05) is 23.6 Å². The van der Waals surface area contributed by atoms with Crippen molar-refractivity contribution in [2.45, 2.75) is 6.42 Å². The van der Waals surface area contributed by atoms with E-state index in [0.717, 1.165) is 22.2 Å². The Balaban J connectivity index is 1.69. The van der Waals surface area contributed by atoms with Crippen LogP contribution in [0.15, 0.2) is 42.6 Å². The normalized spacial score (nSPS) is 10.8. The van der Waals surface area contributed by atoms with E-state index in [-0.39, 0.29) is 5.56 Å². The summed E-state index contributed by atoms with van der Waals surface area (Å²) in [5.74, 6) is -0.229. The lowest BCUT2D eigenvalue weighted by Gasteiger charge is -2.08. The number of amides is 1. The van der Waals surface area contributed by atoms with E-state index in [4.69, 9.17) is 4.74 Å². The SMILES string of the molecule is [CH2]c1cccc(F)c1C(=O)NCCc1c[nH]c2ccc(OC)cc12. The third kappa shape index (κ3) is 3.11. The van der Waals surface area contributed by atoms with E-state index in [1.165, 1.54) is 12.1 Å². The zero-order chi connectivity index (χ0) is 17.1. The number of hydrogen-bond acceptors (Lipinski definition) is 2. The fraction of sp³-hybridized carbons (Fsp3) is 0.158. The molecule has 1 aromatic heterocycles. The maximum absolute atomic E-state index is 13.8. The number of rotatable bonds is 5. The molecule has 0 saturated heterocycles. The van der Waals surface area contributed by atoms with Gasteiger partial charge in [-0.2, -0.15) is 0 Å². The van der Waals surface area contributed by atoms with Gasteiger partial charge in [0.2, 0.25) is 0 Å². The average Bonchev–Trinajstić information content (AvgIpc) is 2.97. The molecule has 0 unspecified atom stereocenters. The summed E-state index contributed by atoms with van der Waals surface area (Å²) in [6.45, 7) is 4.10. The summed E-state index contributed by atoms with van der Waals surface area (Å²) in [6.07, 6.45) is 2.53. The number of benzene rings is 2. The highest BCUT2D eigenvalue weighted by Crippen LogP contribution is 2.23. The lowest BCUT2D eigenvalue weighted by molar-refractivity contribution is 0.0950. The molecule has 0 aliphatic heterocycles. The third-order valence-electron chi connectivity index (χ3n) is 3.98. The molecule has 1 radical (unpaired) electrons. The van der Waals surface area contributed by atoms with Crippen molar-refractivity contribution in [3.05, 3.63) is 72.0 Å². The van der Waals surface area contributed by atoms with E-state index in [1.54, 1.807) is 13.2 Å². The van der Waals surface area contributed by atoms with E-state index in [9.17, 15) is 9.18 Å². The maximum atomic E-state index is 13.8. The Morgan fingerprint density at radius 3 is 2.92 bits per heavy atom. The summed E-state index contributed by atoms with van der Waals surface area (Å²) in [6, 6.07) is 10.2. The predicted molar refractivity (Wildman–Crippen MR) is 91.7 cm³/mol. The first-order valence-corrected chi connectivity index (χ1v) is 7.63. The number of ether oxygens (including phenoxy) is 1. The standard InChI is InChI=1S/C19H18FN2O2/c1-12-4-3-5-16(20)18(12)19(23)21-9-8-13-11-22-17-7-6-14(24-2)10-15(13)17/h3-7,10-11,22H,1,8-9H2,2H3,(H,21,23). The molecule has 0 atom stereocenters. The Morgan fingerprint density at radius 2 is 2.17 bits per heavy atom. The molecule has 3 aromatic rings. The Labute approximate surface area is 139 Å². The van der Waals surface area contributed by atoms with Crippen LogP contribution in [0.25, 0.3) is 10.9 Å². The van der Waals surface area contributed by atoms with Crippen LogP contribution in [0.5, 0.6) is 5.75 Å². The zero-order valence-corrected chi connectivity index (χ0v) is 13.4. The number of aromatic amines is 1. The van der Waals surface area contributed by atoms with E-state index in [1.807, 2.05) is 24.4 Å². The third-order valence-corrected chi connectivity index (χ3v) is 3.98. The lowest BCUT2D eigenvalue weighted by atomic mass is 10.1. The fourth-order valence-electron chi connectivity index (χ4n) is 2.71. The first-order valence-electron chi connectivity index (χ1n) is 7.63. The number of carbonyl (C=O) groups is 1. The van der Waals surface area contributed by atoms with Gasteiger partial charge < -0.3 is 15.0 Å². The van der Waals surface area contributed by atoms with Crippen LogP contribution in [0.1, 0.15) is 21.5 Å². The fourth-order valence-corrected chi connectivity index (χ4v) is 2.71. The van der Waals surface area contributed by atoms with Crippen LogP contribution in [-0.4, -0.2) is 24.5 Å². The number of H-pyrrole nitrogens is 1. The van der Waals surface area contributed by atoms with E-state index >= 15 is 0 Å². The molecule has 0 aliphatic rings. The molecular weight excluding hydrogens is 307 g/mol. The average molecular weight is 325 g/mol. The second-order valence-corrected chi connectivity index (χ2v) is 5.51. The molecule has 1 amide bonds. The Kier molecular flexibility index (Phi) is 4.51. The molecule has 123 valence electrons. The minimum atomic E-state index is -0.558. The molecule has 0 bridgehead atoms. The summed E-state index contributed by atoms with van der Waals surface area (Å²) in [5, 5.41) is 3.80. The summed E-state index contributed by atoms with van der Waals surface area (Å²) >= 11 is 0. The molecule has 3 rings (SSSR count). The molecule has 4 nitrogen and oxygen atoms in total. The summed E-state index contributed by atoms with van der Waals surface area (Å²) in [5.41, 5.74) is 2.45. The van der Waals surface area contributed by atoms with Crippen LogP contribution in [0, 0.1) is 12.7 Å². The number of fused-ring (bicyclic) bond motifs is 1. The van der Waals surface area contributed by atoms with Gasteiger partial charge in [0.25, 0.3) is 5.91 Å². The Morgan fingerprint density at radius 1 is 1.33 bits per heavy atom. The van der Waals surface area contributed by atoms with Crippen molar-refractivity contribution < 1.29 is 13.9 Å². The van der Waals surface area contributed by atoms with E-state index < -0.39 is 11.7 Å². The Hall–Kier alpha value is -2.82. The minimum absolute atomic E-state index is 0.00176. The van der Waals surface area contributed by atoms with Crippen LogP contribution in [0.3, 0.4) is 0 Å². The van der Waals surface area contributed by atoms with Crippen LogP contribution in [0.4, 0.5) is 4.39 Å². The highest BCUT2D eigenvalue weighted by Gasteiger charge is 2.14. The van der Waals surface area contributed by atoms with Gasteiger partial charge in [0.05, 0.1) is 12.7 Å². The van der Waals surface area contributed by atoms with Gasteiger partial charge in [0.1, 0.15) is 11.6 Å². The van der Waals surface area contributed by atoms with Crippen molar-refractivity contribution >= 4 is 16.8 Å². The molecule has 5 heteroatoms. The van der Waals surface area contributed by atoms with Gasteiger partial charge in [-0.05, 0) is 48.7 Å². The largest absolute Gasteiger partial charge is 0.497 e. The van der Waals surface area contributed by atoms with Gasteiger partial charge in [-0.1, -0.05) is 12.1 Å². The molecule has 0 aliphatic carbocycles. The van der Waals surface area contributed by atoms with Crippen molar-refractivity contribution in [1.29, 1.82) is 0 Å². The number of hydrogen-bond donors (Lipinski definition) is 2. The van der Waals surface area contributed by atoms with Crippen LogP contribution in [-0.2, 0) is 6.42 Å². The van der Waals surface area contributed by atoms with Gasteiger partial charge in [-0.25, -0.2) is 4.39 Å². The predicted octanol–water partition coefficient (Wildman–Crippen LogP) is 3.47. The van der Waals surface area contributed by atoms with Crippen molar-refractivity contribution in [1.82, 2.24) is 10.3 Å². The zero-order valence-electron chi connectivity index (χ0n) is 13.4. The molecule has 0 spiro atoms. The number of halogens is 1. The first-order chi connectivity index (χ1) is 11.6. The van der Waals surface area contributed by atoms with Gasteiger partial charge in [-0.3, -0.25) is 4.79 Å². The second-order valence-electron chi connectivity index (χ2n) is 5.51. The van der Waals surface area contributed by atoms with Crippen LogP contribution >= 0.6 is 0 Å². The van der Waals surface area contributed by atoms with Crippen molar-refractivity contribution in [3.8, 4) is 5.75 Å². The molecule has 24 heavy (non-hydrogen) atoms. The number of aromatic nitrogens is 1. The Bertz CT molecular complexity index is 866. The first kappa shape index (κ1) is 16.1. The number of carbonyl (C=O) groups excluding carboxylic acids is 1. The maximum Gasteiger partial charge on any atom is 0.254 e. The summed E-state index contributed by atoms with van der Waals surface area (Å²) < 4.78 is 19.0. The van der Waals surface area contributed by atoms with Gasteiger partial charge in [0.15, 0.2) is 0 Å². The van der Waals surface area contributed by atoms with Crippen LogP contribution in [0.2, 0.25) is 0 Å². The van der Waals surface area contributed by atoms with Crippen LogP contribution < -0.4 is 10.1 Å². The number of nitrogens with one attached hydrogen (secondary N) is 2. The van der Waals surface area contributed by atoms with E-state index in [0.29, 0.717) is 18.5 Å². The number of methoxy groups -OCH3 is 1. The topological polar surface area (TPSA) is 54.1 Å². The second kappa shape index (κ2) is 6.74.